The molecule has 7 heteroatoms. The van der Waals surface area contributed by atoms with Gasteiger partial charge in [0.15, 0.2) is 5.69 Å². The van der Waals surface area contributed by atoms with Gasteiger partial charge in [0, 0.05) is 5.69 Å². The van der Waals surface area contributed by atoms with Crippen LogP contribution < -0.4 is 5.32 Å². The molecular formula is C15H11N5OS. The van der Waals surface area contributed by atoms with Crippen molar-refractivity contribution in [2.75, 3.05) is 5.32 Å². The lowest BCUT2D eigenvalue weighted by Gasteiger charge is -2.02. The smallest absolute Gasteiger partial charge is 0.277 e. The first-order valence-corrected chi connectivity index (χ1v) is 7.20. The van der Waals surface area contributed by atoms with E-state index in [4.69, 9.17) is 0 Å². The third kappa shape index (κ3) is 3.58. The second-order valence-electron chi connectivity index (χ2n) is 4.33. The summed E-state index contributed by atoms with van der Waals surface area (Å²) >= 11 is 0.997. The second-order valence-corrected chi connectivity index (χ2v) is 4.89. The number of azo groups is 1. The van der Waals surface area contributed by atoms with Crippen molar-refractivity contribution < 1.29 is 4.79 Å². The molecule has 0 spiro atoms. The van der Waals surface area contributed by atoms with Crippen LogP contribution in [0.4, 0.5) is 17.1 Å². The van der Waals surface area contributed by atoms with Gasteiger partial charge in [0.05, 0.1) is 29.3 Å². The average molecular weight is 309 g/mol. The lowest BCUT2D eigenvalue weighted by Crippen LogP contribution is -2.11. The van der Waals surface area contributed by atoms with E-state index in [1.165, 1.54) is 6.20 Å². The Morgan fingerprint density at radius 1 is 0.955 bits per heavy atom. The first-order chi connectivity index (χ1) is 10.8. The van der Waals surface area contributed by atoms with Crippen LogP contribution in [0.15, 0.2) is 71.0 Å². The zero-order chi connectivity index (χ0) is 15.2. The zero-order valence-electron chi connectivity index (χ0n) is 11.4. The van der Waals surface area contributed by atoms with E-state index >= 15 is 0 Å². The van der Waals surface area contributed by atoms with Crippen LogP contribution in [0.5, 0.6) is 0 Å². The van der Waals surface area contributed by atoms with Gasteiger partial charge in [-0.2, -0.15) is 19.0 Å². The van der Waals surface area contributed by atoms with Crippen LogP contribution in [0.3, 0.4) is 0 Å². The van der Waals surface area contributed by atoms with E-state index < -0.39 is 0 Å². The lowest BCUT2D eigenvalue weighted by molar-refractivity contribution is 0.102. The van der Waals surface area contributed by atoms with E-state index in [-0.39, 0.29) is 5.91 Å². The summed E-state index contributed by atoms with van der Waals surface area (Å²) in [6.07, 6.45) is 1.43. The van der Waals surface area contributed by atoms with E-state index in [0.29, 0.717) is 17.1 Å². The summed E-state index contributed by atoms with van der Waals surface area (Å²) in [5, 5.41) is 11.0. The van der Waals surface area contributed by atoms with E-state index in [1.54, 1.807) is 24.3 Å². The van der Waals surface area contributed by atoms with Crippen LogP contribution >= 0.6 is 11.7 Å². The molecule has 0 aliphatic rings. The largest absolute Gasteiger partial charge is 0.321 e. The Morgan fingerprint density at radius 3 is 2.27 bits per heavy atom. The minimum absolute atomic E-state index is 0.285. The minimum atomic E-state index is -0.285. The number of aromatic nitrogens is 2. The van der Waals surface area contributed by atoms with Crippen molar-refractivity contribution in [1.82, 2.24) is 8.75 Å². The van der Waals surface area contributed by atoms with Gasteiger partial charge in [-0.15, -0.1) is 0 Å². The number of benzene rings is 2. The summed E-state index contributed by atoms with van der Waals surface area (Å²) in [7, 11) is 0. The maximum atomic E-state index is 11.8. The van der Waals surface area contributed by atoms with Crippen molar-refractivity contribution in [2.24, 2.45) is 10.2 Å². The summed E-state index contributed by atoms with van der Waals surface area (Å²) in [5.41, 5.74) is 2.46. The minimum Gasteiger partial charge on any atom is -0.321 e. The van der Waals surface area contributed by atoms with Gasteiger partial charge in [-0.1, -0.05) is 18.2 Å². The van der Waals surface area contributed by atoms with E-state index in [0.717, 1.165) is 17.4 Å². The summed E-state index contributed by atoms with van der Waals surface area (Å²) in [4.78, 5) is 11.8. The van der Waals surface area contributed by atoms with E-state index in [2.05, 4.69) is 24.3 Å². The first kappa shape index (κ1) is 14.0. The van der Waals surface area contributed by atoms with Crippen molar-refractivity contribution in [3.05, 3.63) is 66.5 Å². The Balaban J connectivity index is 1.65. The highest BCUT2D eigenvalue weighted by Gasteiger charge is 2.08. The van der Waals surface area contributed by atoms with Gasteiger partial charge in [-0.3, -0.25) is 4.79 Å². The molecule has 0 bridgehead atoms. The van der Waals surface area contributed by atoms with Gasteiger partial charge in [0.25, 0.3) is 5.91 Å². The molecule has 0 aliphatic carbocycles. The molecule has 108 valence electrons. The van der Waals surface area contributed by atoms with Crippen LogP contribution in [0, 0.1) is 0 Å². The third-order valence-electron chi connectivity index (χ3n) is 2.76. The molecule has 0 fully saturated rings. The molecule has 6 nitrogen and oxygen atoms in total. The molecule has 1 heterocycles. The van der Waals surface area contributed by atoms with Crippen molar-refractivity contribution >= 4 is 34.7 Å². The normalized spacial score (nSPS) is 10.7. The van der Waals surface area contributed by atoms with E-state index in [9.17, 15) is 4.79 Å². The Hall–Kier alpha value is -2.93. The summed E-state index contributed by atoms with van der Waals surface area (Å²) in [6, 6.07) is 16.6. The molecule has 22 heavy (non-hydrogen) atoms. The van der Waals surface area contributed by atoms with Crippen molar-refractivity contribution in [2.45, 2.75) is 0 Å². The quantitative estimate of drug-likeness (QED) is 0.733. The Kier molecular flexibility index (Phi) is 4.26. The van der Waals surface area contributed by atoms with Crippen molar-refractivity contribution in [1.29, 1.82) is 0 Å². The van der Waals surface area contributed by atoms with Crippen molar-refractivity contribution in [3.63, 3.8) is 0 Å². The predicted molar refractivity (Wildman–Crippen MR) is 84.9 cm³/mol. The van der Waals surface area contributed by atoms with Gasteiger partial charge in [-0.25, -0.2) is 0 Å². The molecule has 3 aromatic rings. The van der Waals surface area contributed by atoms with Crippen LogP contribution in [-0.4, -0.2) is 14.7 Å². The Labute approximate surface area is 130 Å². The zero-order valence-corrected chi connectivity index (χ0v) is 12.2. The highest BCUT2D eigenvalue weighted by molar-refractivity contribution is 6.99. The van der Waals surface area contributed by atoms with Crippen molar-refractivity contribution in [3.8, 4) is 0 Å². The standard InChI is InChI=1S/C15H11N5OS/c21-15(14-10-16-22-20-14)17-11-6-8-13(9-7-11)19-18-12-4-2-1-3-5-12/h1-10H,(H,17,21). The van der Waals surface area contributed by atoms with Crippen LogP contribution in [-0.2, 0) is 0 Å². The monoisotopic (exact) mass is 309 g/mol. The van der Waals surface area contributed by atoms with E-state index in [1.807, 2.05) is 30.3 Å². The molecule has 0 atom stereocenters. The molecule has 3 rings (SSSR count). The molecule has 2 aromatic carbocycles. The number of nitrogens with one attached hydrogen (secondary N) is 1. The van der Waals surface area contributed by atoms with Gasteiger partial charge in [0.2, 0.25) is 0 Å². The molecule has 0 unspecified atom stereocenters. The number of nitrogens with zero attached hydrogens (tertiary/aromatic N) is 4. The fourth-order valence-electron chi connectivity index (χ4n) is 1.68. The first-order valence-electron chi connectivity index (χ1n) is 6.47. The molecule has 0 saturated carbocycles. The summed E-state index contributed by atoms with van der Waals surface area (Å²) in [6.45, 7) is 0. The van der Waals surface area contributed by atoms with Crippen LogP contribution in [0.1, 0.15) is 10.5 Å². The number of rotatable bonds is 4. The molecule has 1 aromatic heterocycles. The van der Waals surface area contributed by atoms with Gasteiger partial charge >= 0.3 is 0 Å². The maximum absolute atomic E-state index is 11.8. The topological polar surface area (TPSA) is 79.6 Å². The highest BCUT2D eigenvalue weighted by Crippen LogP contribution is 2.20. The molecule has 1 N–H and O–H groups in total. The maximum Gasteiger partial charge on any atom is 0.277 e. The second kappa shape index (κ2) is 6.68. The predicted octanol–water partition coefficient (Wildman–Crippen LogP) is 4.21. The number of amides is 1. The molecule has 0 saturated heterocycles. The van der Waals surface area contributed by atoms with Crippen LogP contribution in [0.2, 0.25) is 0 Å². The number of hydrogen-bond donors (Lipinski definition) is 1. The Morgan fingerprint density at radius 2 is 1.64 bits per heavy atom. The summed E-state index contributed by atoms with van der Waals surface area (Å²) in [5.74, 6) is -0.285. The van der Waals surface area contributed by atoms with Gasteiger partial charge in [-0.05, 0) is 36.4 Å². The Bertz CT molecular complexity index is 769. The average Bonchev–Trinajstić information content (AvgIpc) is 3.10. The number of anilines is 1. The van der Waals surface area contributed by atoms with Gasteiger partial charge in [0.1, 0.15) is 0 Å². The molecule has 1 amide bonds. The summed E-state index contributed by atoms with van der Waals surface area (Å²) < 4.78 is 7.67. The highest BCUT2D eigenvalue weighted by atomic mass is 32.1. The molecular weight excluding hydrogens is 298 g/mol. The molecule has 0 radical (unpaired) electrons. The number of carbonyl (C=O) groups is 1. The fourth-order valence-corrected chi connectivity index (χ4v) is 2.09. The molecule has 0 aliphatic heterocycles. The third-order valence-corrected chi connectivity index (χ3v) is 3.23. The number of hydrogen-bond acceptors (Lipinski definition) is 6. The lowest BCUT2D eigenvalue weighted by atomic mass is 10.3. The van der Waals surface area contributed by atoms with Crippen LogP contribution in [0.25, 0.3) is 0 Å². The fraction of sp³-hybridized carbons (Fsp3) is 0. The number of carbonyl (C=O) groups excluding carboxylic acids is 1. The SMILES string of the molecule is O=C(Nc1ccc(N=Nc2ccccc2)cc1)c1cnsn1. The van der Waals surface area contributed by atoms with Gasteiger partial charge < -0.3 is 5.32 Å².